The maximum absolute atomic E-state index is 5.70. The van der Waals surface area contributed by atoms with Crippen molar-refractivity contribution in [3.05, 3.63) is 0 Å². The van der Waals surface area contributed by atoms with Gasteiger partial charge in [-0.15, -0.1) is 0 Å². The van der Waals surface area contributed by atoms with Crippen LogP contribution in [0.2, 0.25) is 0 Å². The van der Waals surface area contributed by atoms with Crippen molar-refractivity contribution >= 4 is 6.02 Å². The van der Waals surface area contributed by atoms with E-state index in [0.717, 1.165) is 31.2 Å². The minimum absolute atomic E-state index is 0.0305. The van der Waals surface area contributed by atoms with E-state index in [1.54, 1.807) is 0 Å². The van der Waals surface area contributed by atoms with Gasteiger partial charge in [0, 0.05) is 0 Å². The molecule has 0 aromatic rings. The monoisotopic (exact) mass is 196 g/mol. The highest BCUT2D eigenvalue weighted by molar-refractivity contribution is 5.73. The molecule has 1 saturated carbocycles. The van der Waals surface area contributed by atoms with Gasteiger partial charge in [-0.05, 0) is 37.5 Å². The molecule has 80 valence electrons. The van der Waals surface area contributed by atoms with E-state index in [1.165, 1.54) is 12.8 Å². The molecule has 14 heavy (non-hydrogen) atoms. The summed E-state index contributed by atoms with van der Waals surface area (Å²) in [5.74, 6) is 1.53. The summed E-state index contributed by atoms with van der Waals surface area (Å²) in [6.07, 6.45) is 4.85. The molecule has 1 heterocycles. The zero-order valence-corrected chi connectivity index (χ0v) is 9.12. The topological polar surface area (TPSA) is 47.6 Å². The van der Waals surface area contributed by atoms with Crippen LogP contribution in [-0.4, -0.2) is 18.2 Å². The number of ether oxygens (including phenoxy) is 1. The minimum atomic E-state index is -0.0305. The Morgan fingerprint density at radius 3 is 2.93 bits per heavy atom. The second-order valence-electron chi connectivity index (χ2n) is 5.04. The fourth-order valence-corrected chi connectivity index (χ4v) is 2.68. The number of rotatable bonds is 1. The Balaban J connectivity index is 2.01. The summed E-state index contributed by atoms with van der Waals surface area (Å²) in [6, 6.07) is 0.398. The Morgan fingerprint density at radius 1 is 1.57 bits per heavy atom. The van der Waals surface area contributed by atoms with E-state index in [9.17, 15) is 0 Å². The number of aliphatic imine (C=N–C) groups is 1. The predicted octanol–water partition coefficient (Wildman–Crippen LogP) is 1.92. The second kappa shape index (κ2) is 3.44. The molecule has 1 aliphatic heterocycles. The van der Waals surface area contributed by atoms with Gasteiger partial charge in [-0.1, -0.05) is 13.8 Å². The molecular weight excluding hydrogens is 176 g/mol. The largest absolute Gasteiger partial charge is 0.457 e. The number of hydrogen-bond acceptors (Lipinski definition) is 3. The van der Waals surface area contributed by atoms with Gasteiger partial charge in [-0.2, -0.15) is 0 Å². The van der Waals surface area contributed by atoms with Gasteiger partial charge >= 0.3 is 0 Å². The zero-order chi connectivity index (χ0) is 10.2. The van der Waals surface area contributed by atoms with Gasteiger partial charge in [0.05, 0.1) is 6.54 Å². The smallest absolute Gasteiger partial charge is 0.282 e. The van der Waals surface area contributed by atoms with Crippen molar-refractivity contribution in [3.63, 3.8) is 0 Å². The van der Waals surface area contributed by atoms with Crippen LogP contribution in [0.1, 0.15) is 39.5 Å². The van der Waals surface area contributed by atoms with Crippen molar-refractivity contribution in [2.45, 2.75) is 45.1 Å². The molecule has 0 amide bonds. The van der Waals surface area contributed by atoms with E-state index in [4.69, 9.17) is 10.5 Å². The predicted molar refractivity (Wildman–Crippen MR) is 57.1 cm³/mol. The minimum Gasteiger partial charge on any atom is -0.457 e. The van der Waals surface area contributed by atoms with Crippen LogP contribution in [0.25, 0.3) is 0 Å². The Kier molecular flexibility index (Phi) is 2.41. The molecule has 3 nitrogen and oxygen atoms in total. The summed E-state index contributed by atoms with van der Waals surface area (Å²) < 4.78 is 5.70. The lowest BCUT2D eigenvalue weighted by atomic mass is 9.73. The average Bonchev–Trinajstić information content (AvgIpc) is 2.47. The van der Waals surface area contributed by atoms with Crippen LogP contribution >= 0.6 is 0 Å². The molecule has 0 aromatic heterocycles. The normalized spacial score (nSPS) is 37.4. The molecule has 1 fully saturated rings. The van der Waals surface area contributed by atoms with Crippen molar-refractivity contribution < 1.29 is 4.74 Å². The van der Waals surface area contributed by atoms with E-state index >= 15 is 0 Å². The van der Waals surface area contributed by atoms with Gasteiger partial charge in [0.2, 0.25) is 0 Å². The lowest BCUT2D eigenvalue weighted by Gasteiger charge is -2.38. The van der Waals surface area contributed by atoms with Crippen molar-refractivity contribution in [2.75, 3.05) is 6.54 Å². The van der Waals surface area contributed by atoms with Gasteiger partial charge < -0.3 is 10.5 Å². The molecule has 0 aromatic carbocycles. The van der Waals surface area contributed by atoms with Gasteiger partial charge in [-0.25, -0.2) is 4.99 Å². The summed E-state index contributed by atoms with van der Waals surface area (Å²) in [6.45, 7) is 5.37. The van der Waals surface area contributed by atoms with Crippen LogP contribution in [0.5, 0.6) is 0 Å². The molecule has 2 atom stereocenters. The SMILES string of the molecule is CC(C)C1CCCC2(CN=C(N)O2)C1. The van der Waals surface area contributed by atoms with Gasteiger partial charge in [0.25, 0.3) is 6.02 Å². The van der Waals surface area contributed by atoms with Crippen molar-refractivity contribution in [1.82, 2.24) is 0 Å². The van der Waals surface area contributed by atoms with Crippen LogP contribution in [0.15, 0.2) is 4.99 Å². The maximum atomic E-state index is 5.70. The van der Waals surface area contributed by atoms with E-state index in [0.29, 0.717) is 6.02 Å². The zero-order valence-electron chi connectivity index (χ0n) is 9.12. The van der Waals surface area contributed by atoms with E-state index < -0.39 is 0 Å². The standard InChI is InChI=1S/C11H20N2O/c1-8(2)9-4-3-5-11(6-9)7-13-10(12)14-11/h8-9H,3-7H2,1-2H3,(H2,12,13). The lowest BCUT2D eigenvalue weighted by Crippen LogP contribution is -2.41. The third-order valence-electron chi connectivity index (χ3n) is 3.63. The van der Waals surface area contributed by atoms with Gasteiger partial charge in [0.15, 0.2) is 0 Å². The second-order valence-corrected chi connectivity index (χ2v) is 5.04. The quantitative estimate of drug-likeness (QED) is 0.696. The Labute approximate surface area is 85.7 Å². The molecule has 2 aliphatic rings. The lowest BCUT2D eigenvalue weighted by molar-refractivity contribution is 0.0117. The molecule has 0 saturated heterocycles. The first-order valence-electron chi connectivity index (χ1n) is 5.60. The molecule has 1 spiro atoms. The Bertz CT molecular complexity index is 250. The summed E-state index contributed by atoms with van der Waals surface area (Å²) in [5.41, 5.74) is 5.56. The summed E-state index contributed by atoms with van der Waals surface area (Å²) in [7, 11) is 0. The van der Waals surface area contributed by atoms with Crippen molar-refractivity contribution in [2.24, 2.45) is 22.6 Å². The Hall–Kier alpha value is -0.730. The molecule has 2 unspecified atom stereocenters. The summed E-state index contributed by atoms with van der Waals surface area (Å²) in [4.78, 5) is 4.18. The third-order valence-corrected chi connectivity index (χ3v) is 3.63. The van der Waals surface area contributed by atoms with Crippen LogP contribution in [-0.2, 0) is 4.74 Å². The van der Waals surface area contributed by atoms with Gasteiger partial charge in [-0.3, -0.25) is 0 Å². The van der Waals surface area contributed by atoms with Crippen LogP contribution in [0.4, 0.5) is 0 Å². The summed E-state index contributed by atoms with van der Waals surface area (Å²) in [5, 5.41) is 0. The van der Waals surface area contributed by atoms with Gasteiger partial charge in [0.1, 0.15) is 5.60 Å². The van der Waals surface area contributed by atoms with Crippen molar-refractivity contribution in [3.8, 4) is 0 Å². The Morgan fingerprint density at radius 2 is 2.36 bits per heavy atom. The van der Waals surface area contributed by atoms with Crippen LogP contribution in [0, 0.1) is 11.8 Å². The molecule has 0 radical (unpaired) electrons. The molecule has 2 rings (SSSR count). The number of nitrogens with zero attached hydrogens (tertiary/aromatic N) is 1. The number of hydrogen-bond donors (Lipinski definition) is 1. The number of nitrogens with two attached hydrogens (primary N) is 1. The first kappa shape index (κ1) is 9.81. The highest BCUT2D eigenvalue weighted by Crippen LogP contribution is 2.40. The molecule has 1 aliphatic carbocycles. The molecular formula is C11H20N2O. The van der Waals surface area contributed by atoms with Crippen molar-refractivity contribution in [1.29, 1.82) is 0 Å². The highest BCUT2D eigenvalue weighted by atomic mass is 16.5. The maximum Gasteiger partial charge on any atom is 0.282 e. The fraction of sp³-hybridized carbons (Fsp3) is 0.909. The summed E-state index contributed by atoms with van der Waals surface area (Å²) >= 11 is 0. The van der Waals surface area contributed by atoms with Crippen LogP contribution < -0.4 is 5.73 Å². The van der Waals surface area contributed by atoms with Crippen LogP contribution in [0.3, 0.4) is 0 Å². The molecule has 2 N–H and O–H groups in total. The fourth-order valence-electron chi connectivity index (χ4n) is 2.68. The van der Waals surface area contributed by atoms with E-state index in [2.05, 4.69) is 18.8 Å². The van der Waals surface area contributed by atoms with E-state index in [-0.39, 0.29) is 5.60 Å². The van der Waals surface area contributed by atoms with E-state index in [1.807, 2.05) is 0 Å². The molecule has 0 bridgehead atoms. The third kappa shape index (κ3) is 1.72. The molecule has 3 heteroatoms. The number of amidine groups is 1. The first-order chi connectivity index (χ1) is 6.61. The first-order valence-corrected chi connectivity index (χ1v) is 5.60. The average molecular weight is 196 g/mol. The highest BCUT2D eigenvalue weighted by Gasteiger charge is 2.42.